The van der Waals surface area contributed by atoms with Gasteiger partial charge in [-0.25, -0.2) is 9.59 Å². The van der Waals surface area contributed by atoms with Crippen LogP contribution in [0.5, 0.6) is 11.5 Å². The maximum absolute atomic E-state index is 12.5. The summed E-state index contributed by atoms with van der Waals surface area (Å²) in [6.45, 7) is 6.05. The zero-order valence-corrected chi connectivity index (χ0v) is 26.9. The number of esters is 1. The van der Waals surface area contributed by atoms with Gasteiger partial charge in [-0.15, -0.1) is 0 Å². The van der Waals surface area contributed by atoms with Crippen molar-refractivity contribution in [3.05, 3.63) is 110 Å². The number of methoxy groups -OCH3 is 1. The number of nitrogens with zero attached hydrogens (tertiary/aromatic N) is 3. The first-order chi connectivity index (χ1) is 23.1. The number of aliphatic hydroxyl groups is 1. The molecule has 0 saturated heterocycles. The van der Waals surface area contributed by atoms with E-state index >= 15 is 0 Å². The van der Waals surface area contributed by atoms with Gasteiger partial charge >= 0.3 is 12.0 Å². The smallest absolute Gasteiger partial charge is 0.337 e. The van der Waals surface area contributed by atoms with Crippen molar-refractivity contribution in [3.63, 3.8) is 0 Å². The predicted molar refractivity (Wildman–Crippen MR) is 178 cm³/mol. The van der Waals surface area contributed by atoms with Crippen LogP contribution in [0, 0.1) is 17.0 Å². The number of para-hydroxylation sites is 1. The number of urea groups is 1. The van der Waals surface area contributed by atoms with Gasteiger partial charge in [-0.3, -0.25) is 15.5 Å². The molecule has 14 heteroatoms. The molecule has 0 saturated carbocycles. The van der Waals surface area contributed by atoms with Crippen LogP contribution in [0.2, 0.25) is 0 Å². The van der Waals surface area contributed by atoms with E-state index in [1.165, 1.54) is 19.2 Å². The fourth-order valence-electron chi connectivity index (χ4n) is 5.54. The molecule has 4 N–H and O–H groups in total. The van der Waals surface area contributed by atoms with Crippen LogP contribution in [0.1, 0.15) is 42.3 Å². The van der Waals surface area contributed by atoms with E-state index in [0.717, 1.165) is 27.7 Å². The number of carbonyl (C=O) groups excluding carboxylic acids is 2. The van der Waals surface area contributed by atoms with Crippen molar-refractivity contribution in [3.8, 4) is 11.5 Å². The third-order valence-corrected chi connectivity index (χ3v) is 7.86. The number of hydrogen-bond acceptors (Lipinski definition) is 10. The van der Waals surface area contributed by atoms with E-state index in [2.05, 4.69) is 25.7 Å². The Balaban J connectivity index is 1.28. The summed E-state index contributed by atoms with van der Waals surface area (Å²) in [6.07, 6.45) is 0.458. The van der Waals surface area contributed by atoms with Gasteiger partial charge in [0.1, 0.15) is 6.61 Å². The quantitative estimate of drug-likeness (QED) is 0.0533. The van der Waals surface area contributed by atoms with Crippen LogP contribution in [-0.4, -0.2) is 59.4 Å². The summed E-state index contributed by atoms with van der Waals surface area (Å²) in [4.78, 5) is 35.3. The Bertz CT molecular complexity index is 1900. The maximum atomic E-state index is 12.5. The van der Waals surface area contributed by atoms with Gasteiger partial charge in [-0.2, -0.15) is 5.10 Å². The molecule has 1 aliphatic heterocycles. The van der Waals surface area contributed by atoms with Gasteiger partial charge in [-0.1, -0.05) is 36.4 Å². The van der Waals surface area contributed by atoms with Gasteiger partial charge in [0.2, 0.25) is 0 Å². The van der Waals surface area contributed by atoms with E-state index in [4.69, 9.17) is 14.2 Å². The van der Waals surface area contributed by atoms with Crippen molar-refractivity contribution in [1.29, 1.82) is 0 Å². The topological polar surface area (TPSA) is 179 Å². The first-order valence-corrected chi connectivity index (χ1v) is 15.1. The number of amides is 2. The number of benzene rings is 3. The standard InChI is InChI=1S/C34H36N6O8/c1-5-47-29-16-23(32-31(33(42)46-4)20(2)36-34(43)37-32)12-15-28(29)48-19-30(41)38-35-17-26-21(3)39(27-9-7-6-8-25(26)27)18-22-10-13-24(14-11-22)40(44)45/h6-17,30,32,38,41H,5,18-19H2,1-4H3,(H2,36,37,43)/b35-17-/t30-,32-/m1/s1. The molecular weight excluding hydrogens is 620 g/mol. The fraction of sp³-hybridized carbons (Fsp3) is 0.265. The zero-order valence-electron chi connectivity index (χ0n) is 26.9. The van der Waals surface area contributed by atoms with E-state index in [0.29, 0.717) is 35.9 Å². The second-order valence-corrected chi connectivity index (χ2v) is 10.9. The minimum Gasteiger partial charge on any atom is -0.490 e. The average Bonchev–Trinajstić information content (AvgIpc) is 3.33. The molecule has 250 valence electrons. The summed E-state index contributed by atoms with van der Waals surface area (Å²) in [5.74, 6) is 0.121. The lowest BCUT2D eigenvalue weighted by atomic mass is 9.95. The van der Waals surface area contributed by atoms with E-state index in [-0.39, 0.29) is 17.9 Å². The van der Waals surface area contributed by atoms with Crippen LogP contribution < -0.4 is 25.5 Å². The Kier molecular flexibility index (Phi) is 10.2. The number of fused-ring (bicyclic) bond motifs is 1. The van der Waals surface area contributed by atoms with Crippen molar-refractivity contribution in [1.82, 2.24) is 20.6 Å². The SMILES string of the molecule is CCOc1cc([C@H]2NC(=O)NC(C)=C2C(=O)OC)ccc1OC[C@@H](O)N/N=C\c1c(C)n(Cc2ccc([N+](=O)[O-])cc2)c2ccccc12. The number of carbonyl (C=O) groups is 2. The Morgan fingerprint density at radius 2 is 1.88 bits per heavy atom. The molecule has 0 aliphatic carbocycles. The van der Waals surface area contributed by atoms with Gasteiger partial charge < -0.3 is 34.5 Å². The minimum absolute atomic E-state index is 0.0364. The van der Waals surface area contributed by atoms with Gasteiger partial charge in [0.25, 0.3) is 5.69 Å². The molecule has 2 amide bonds. The highest BCUT2D eigenvalue weighted by Crippen LogP contribution is 2.35. The molecule has 1 aromatic heterocycles. The van der Waals surface area contributed by atoms with Crippen molar-refractivity contribution in [2.24, 2.45) is 5.10 Å². The molecule has 5 rings (SSSR count). The molecule has 0 unspecified atom stereocenters. The number of ether oxygens (including phenoxy) is 3. The molecule has 0 spiro atoms. The van der Waals surface area contributed by atoms with Crippen molar-refractivity contribution in [2.75, 3.05) is 20.3 Å². The molecular formula is C34H36N6O8. The molecule has 4 aromatic rings. The Hall–Kier alpha value is -5.89. The third-order valence-electron chi connectivity index (χ3n) is 7.86. The summed E-state index contributed by atoms with van der Waals surface area (Å²) in [7, 11) is 1.27. The van der Waals surface area contributed by atoms with E-state index in [9.17, 15) is 24.8 Å². The van der Waals surface area contributed by atoms with E-state index in [1.54, 1.807) is 43.5 Å². The Morgan fingerprint density at radius 1 is 1.12 bits per heavy atom. The molecule has 0 radical (unpaired) electrons. The lowest BCUT2D eigenvalue weighted by Crippen LogP contribution is -2.45. The van der Waals surface area contributed by atoms with Gasteiger partial charge in [0, 0.05) is 46.5 Å². The lowest BCUT2D eigenvalue weighted by Gasteiger charge is -2.28. The van der Waals surface area contributed by atoms with Gasteiger partial charge in [0.05, 0.1) is 36.5 Å². The Labute approximate surface area is 276 Å². The highest BCUT2D eigenvalue weighted by atomic mass is 16.6. The number of non-ortho nitro benzene ring substituents is 1. The minimum atomic E-state index is -1.18. The summed E-state index contributed by atoms with van der Waals surface area (Å²) >= 11 is 0. The van der Waals surface area contributed by atoms with Crippen molar-refractivity contribution < 1.29 is 33.8 Å². The van der Waals surface area contributed by atoms with Crippen LogP contribution in [0.15, 0.2) is 83.1 Å². The number of allylic oxidation sites excluding steroid dienone is 1. The van der Waals surface area contributed by atoms with Crippen LogP contribution in [0.4, 0.5) is 10.5 Å². The van der Waals surface area contributed by atoms with Gasteiger partial charge in [0.15, 0.2) is 17.7 Å². The molecule has 14 nitrogen and oxygen atoms in total. The number of nitro groups is 1. The monoisotopic (exact) mass is 656 g/mol. The predicted octanol–water partition coefficient (Wildman–Crippen LogP) is 4.43. The number of nitrogens with one attached hydrogen (secondary N) is 3. The summed E-state index contributed by atoms with van der Waals surface area (Å²) in [6, 6.07) is 18.1. The van der Waals surface area contributed by atoms with Crippen LogP contribution in [-0.2, 0) is 16.1 Å². The number of rotatable bonds is 13. The normalized spacial score (nSPS) is 15.2. The highest BCUT2D eigenvalue weighted by molar-refractivity contribution is 6.01. The molecule has 2 atom stereocenters. The Morgan fingerprint density at radius 3 is 2.58 bits per heavy atom. The summed E-state index contributed by atoms with van der Waals surface area (Å²) < 4.78 is 18.7. The molecule has 0 bridgehead atoms. The lowest BCUT2D eigenvalue weighted by molar-refractivity contribution is -0.384. The second kappa shape index (κ2) is 14.7. The third kappa shape index (κ3) is 7.23. The largest absolute Gasteiger partial charge is 0.490 e. The highest BCUT2D eigenvalue weighted by Gasteiger charge is 2.32. The first-order valence-electron chi connectivity index (χ1n) is 15.1. The molecule has 3 aromatic carbocycles. The fourth-order valence-corrected chi connectivity index (χ4v) is 5.54. The molecule has 0 fully saturated rings. The summed E-state index contributed by atoms with van der Waals surface area (Å²) in [5, 5.41) is 32.3. The zero-order chi connectivity index (χ0) is 34.4. The van der Waals surface area contributed by atoms with Crippen LogP contribution >= 0.6 is 0 Å². The second-order valence-electron chi connectivity index (χ2n) is 10.9. The van der Waals surface area contributed by atoms with E-state index in [1.807, 2.05) is 38.1 Å². The van der Waals surface area contributed by atoms with Gasteiger partial charge in [-0.05, 0) is 50.1 Å². The van der Waals surface area contributed by atoms with Crippen LogP contribution in [0.25, 0.3) is 10.9 Å². The van der Waals surface area contributed by atoms with Crippen molar-refractivity contribution >= 4 is 34.8 Å². The molecule has 2 heterocycles. The van der Waals surface area contributed by atoms with E-state index < -0.39 is 29.2 Å². The maximum Gasteiger partial charge on any atom is 0.337 e. The van der Waals surface area contributed by atoms with Crippen molar-refractivity contribution in [2.45, 2.75) is 39.6 Å². The summed E-state index contributed by atoms with van der Waals surface area (Å²) in [5.41, 5.74) is 7.61. The number of aromatic nitrogens is 1. The molecule has 48 heavy (non-hydrogen) atoms. The number of nitro benzene ring substituents is 1. The van der Waals surface area contributed by atoms with Crippen LogP contribution in [0.3, 0.4) is 0 Å². The number of hydrazone groups is 1. The molecule has 1 aliphatic rings. The number of hydrogen-bond donors (Lipinski definition) is 4. The number of aliphatic hydroxyl groups excluding tert-OH is 1. The first kappa shape index (κ1) is 33.5. The average molecular weight is 657 g/mol.